The van der Waals surface area contributed by atoms with E-state index >= 15 is 0 Å². The van der Waals surface area contributed by atoms with E-state index in [1.807, 2.05) is 45.0 Å². The summed E-state index contributed by atoms with van der Waals surface area (Å²) in [6.07, 6.45) is -1.10. The monoisotopic (exact) mass is 464 g/mol. The number of alkyl halides is 2. The van der Waals surface area contributed by atoms with Crippen LogP contribution >= 0.6 is 0 Å². The van der Waals surface area contributed by atoms with Gasteiger partial charge >= 0.3 is 0 Å². The predicted molar refractivity (Wildman–Crippen MR) is 120 cm³/mol. The molecule has 182 valence electrons. The van der Waals surface area contributed by atoms with Crippen LogP contribution in [0, 0.1) is 5.41 Å². The molecular weight excluding hydrogens is 430 g/mol. The van der Waals surface area contributed by atoms with Crippen molar-refractivity contribution < 1.29 is 23.2 Å². The molecule has 0 aromatic heterocycles. The Kier molecular flexibility index (Phi) is 7.72. The van der Waals surface area contributed by atoms with E-state index in [0.717, 1.165) is 17.5 Å². The van der Waals surface area contributed by atoms with Crippen LogP contribution < -0.4 is 16.4 Å². The fraction of sp³-hybridized carbons (Fsp3) is 0.625. The number of carbonyl (C=O) groups is 3. The number of carbonyl (C=O) groups excluding carboxylic acids is 3. The van der Waals surface area contributed by atoms with Crippen molar-refractivity contribution in [2.45, 2.75) is 83.5 Å². The highest BCUT2D eigenvalue weighted by Crippen LogP contribution is 2.31. The van der Waals surface area contributed by atoms with Crippen LogP contribution in [0.3, 0.4) is 0 Å². The molecule has 1 fully saturated rings. The summed E-state index contributed by atoms with van der Waals surface area (Å²) >= 11 is 0. The topological polar surface area (TPSA) is 105 Å². The predicted octanol–water partition coefficient (Wildman–Crippen LogP) is 2.29. The van der Waals surface area contributed by atoms with Crippen molar-refractivity contribution >= 4 is 17.7 Å². The van der Waals surface area contributed by atoms with Gasteiger partial charge in [-0.05, 0) is 42.2 Å². The van der Waals surface area contributed by atoms with Gasteiger partial charge in [-0.3, -0.25) is 14.4 Å². The fourth-order valence-corrected chi connectivity index (χ4v) is 4.51. The number of amides is 3. The van der Waals surface area contributed by atoms with Crippen LogP contribution in [0.15, 0.2) is 24.3 Å². The molecule has 1 aromatic carbocycles. The van der Waals surface area contributed by atoms with Crippen LogP contribution in [-0.2, 0) is 20.8 Å². The summed E-state index contributed by atoms with van der Waals surface area (Å²) < 4.78 is 26.5. The van der Waals surface area contributed by atoms with Crippen LogP contribution in [0.5, 0.6) is 0 Å². The lowest BCUT2D eigenvalue weighted by molar-refractivity contribution is -0.142. The van der Waals surface area contributed by atoms with Gasteiger partial charge in [-0.25, -0.2) is 8.78 Å². The summed E-state index contributed by atoms with van der Waals surface area (Å²) in [5.41, 5.74) is 7.69. The Morgan fingerprint density at radius 2 is 1.88 bits per heavy atom. The summed E-state index contributed by atoms with van der Waals surface area (Å²) in [4.78, 5) is 40.2. The van der Waals surface area contributed by atoms with Crippen LogP contribution in [0.2, 0.25) is 0 Å². The number of hydrogen-bond donors (Lipinski definition) is 3. The number of rotatable bonds is 7. The smallest absolute Gasteiger partial charge is 0.243 e. The Balaban J connectivity index is 1.68. The molecular formula is C24H34F2N4O3. The molecule has 9 heteroatoms. The number of fused-ring (bicyclic) bond motifs is 1. The lowest BCUT2D eigenvalue weighted by Gasteiger charge is -2.33. The molecule has 0 saturated carbocycles. The van der Waals surface area contributed by atoms with E-state index in [-0.39, 0.29) is 11.9 Å². The van der Waals surface area contributed by atoms with Gasteiger partial charge in [0.15, 0.2) is 0 Å². The molecule has 1 heterocycles. The van der Waals surface area contributed by atoms with Crippen molar-refractivity contribution in [1.29, 1.82) is 0 Å². The second-order valence-electron chi connectivity index (χ2n) is 10.0. The zero-order valence-electron chi connectivity index (χ0n) is 19.4. The highest BCUT2D eigenvalue weighted by Gasteiger charge is 2.40. The third kappa shape index (κ3) is 5.88. The van der Waals surface area contributed by atoms with Crippen LogP contribution in [0.25, 0.3) is 0 Å². The van der Waals surface area contributed by atoms with Crippen molar-refractivity contribution in [3.8, 4) is 0 Å². The zero-order valence-corrected chi connectivity index (χ0v) is 19.4. The second kappa shape index (κ2) is 10.2. The van der Waals surface area contributed by atoms with Gasteiger partial charge in [-0.1, -0.05) is 45.0 Å². The quantitative estimate of drug-likeness (QED) is 0.576. The third-order valence-corrected chi connectivity index (χ3v) is 6.53. The Morgan fingerprint density at radius 1 is 1.18 bits per heavy atom. The van der Waals surface area contributed by atoms with E-state index in [2.05, 4.69) is 10.6 Å². The second-order valence-corrected chi connectivity index (χ2v) is 10.0. The van der Waals surface area contributed by atoms with Gasteiger partial charge in [0.2, 0.25) is 24.1 Å². The third-order valence-electron chi connectivity index (χ3n) is 6.53. The molecule has 0 radical (unpaired) electrons. The first-order valence-corrected chi connectivity index (χ1v) is 11.5. The Hall–Kier alpha value is -2.55. The first-order chi connectivity index (χ1) is 15.5. The van der Waals surface area contributed by atoms with Crippen molar-refractivity contribution in [2.75, 3.05) is 6.54 Å². The Morgan fingerprint density at radius 3 is 2.55 bits per heavy atom. The van der Waals surface area contributed by atoms with Gasteiger partial charge in [-0.15, -0.1) is 0 Å². The van der Waals surface area contributed by atoms with E-state index in [9.17, 15) is 23.2 Å². The minimum atomic E-state index is -2.77. The van der Waals surface area contributed by atoms with Crippen LogP contribution in [0.4, 0.5) is 8.78 Å². The molecule has 3 amide bonds. The minimum Gasteiger partial charge on any atom is -0.347 e. The number of nitrogens with zero attached hydrogens (tertiary/aromatic N) is 1. The molecule has 0 bridgehead atoms. The number of nitrogens with two attached hydrogens (primary N) is 1. The number of aryl methyl sites for hydroxylation is 1. The van der Waals surface area contributed by atoms with E-state index in [1.165, 1.54) is 4.90 Å². The van der Waals surface area contributed by atoms with E-state index < -0.39 is 48.2 Å². The normalized spacial score (nSPS) is 22.1. The number of likely N-dealkylation sites (tertiary alicyclic amines) is 1. The molecule has 0 spiro atoms. The maximum absolute atomic E-state index is 13.3. The molecule has 4 N–H and O–H groups in total. The zero-order chi connectivity index (χ0) is 24.3. The highest BCUT2D eigenvalue weighted by molar-refractivity contribution is 5.93. The molecule has 4 atom stereocenters. The van der Waals surface area contributed by atoms with Gasteiger partial charge in [0.1, 0.15) is 12.1 Å². The summed E-state index contributed by atoms with van der Waals surface area (Å²) in [6.45, 7) is 5.88. The molecule has 1 unspecified atom stereocenters. The first kappa shape index (κ1) is 25.1. The molecule has 1 aromatic rings. The van der Waals surface area contributed by atoms with Gasteiger partial charge < -0.3 is 21.3 Å². The van der Waals surface area contributed by atoms with E-state index in [1.54, 1.807) is 0 Å². The maximum Gasteiger partial charge on any atom is 0.243 e. The van der Waals surface area contributed by atoms with Gasteiger partial charge in [0.25, 0.3) is 0 Å². The fourth-order valence-electron chi connectivity index (χ4n) is 4.51. The van der Waals surface area contributed by atoms with Crippen LogP contribution in [-0.4, -0.2) is 53.7 Å². The summed E-state index contributed by atoms with van der Waals surface area (Å²) in [6, 6.07) is 4.39. The number of nitrogens with one attached hydrogen (secondary N) is 2. The molecule has 2 aliphatic rings. The van der Waals surface area contributed by atoms with Crippen molar-refractivity contribution in [3.63, 3.8) is 0 Å². The first-order valence-electron chi connectivity index (χ1n) is 11.5. The largest absolute Gasteiger partial charge is 0.347 e. The summed E-state index contributed by atoms with van der Waals surface area (Å²) in [7, 11) is 0. The van der Waals surface area contributed by atoms with Gasteiger partial charge in [0.05, 0.1) is 12.1 Å². The molecule has 7 nitrogen and oxygen atoms in total. The molecule has 1 aliphatic carbocycles. The highest BCUT2D eigenvalue weighted by atomic mass is 19.3. The van der Waals surface area contributed by atoms with Gasteiger partial charge in [-0.2, -0.15) is 0 Å². The number of halogens is 2. The summed E-state index contributed by atoms with van der Waals surface area (Å²) in [5, 5.41) is 5.31. The average molecular weight is 465 g/mol. The number of benzene rings is 1. The Bertz CT molecular complexity index is 887. The summed E-state index contributed by atoms with van der Waals surface area (Å²) in [5.74, 6) is -1.60. The minimum absolute atomic E-state index is 0.278. The molecule has 3 rings (SSSR count). The van der Waals surface area contributed by atoms with E-state index in [4.69, 9.17) is 5.73 Å². The van der Waals surface area contributed by atoms with Crippen molar-refractivity contribution in [3.05, 3.63) is 35.4 Å². The van der Waals surface area contributed by atoms with E-state index in [0.29, 0.717) is 25.8 Å². The lowest BCUT2D eigenvalue weighted by Crippen LogP contribution is -2.57. The average Bonchev–Trinajstić information content (AvgIpc) is 3.39. The lowest BCUT2D eigenvalue weighted by atomic mass is 9.86. The SMILES string of the molecule is CC(C)(C)[C@H](N)C(=O)N1CCC[C@H]1C(=O)N[C@@H](CC(F)F)C(=O)NC1CCc2ccccc21. The molecule has 1 saturated heterocycles. The van der Waals surface area contributed by atoms with Crippen LogP contribution in [0.1, 0.15) is 63.6 Å². The van der Waals surface area contributed by atoms with Gasteiger partial charge in [0, 0.05) is 13.0 Å². The van der Waals surface area contributed by atoms with Crippen molar-refractivity contribution in [1.82, 2.24) is 15.5 Å². The number of hydrogen-bond acceptors (Lipinski definition) is 4. The van der Waals surface area contributed by atoms with Crippen molar-refractivity contribution in [2.24, 2.45) is 11.1 Å². The Labute approximate surface area is 193 Å². The molecule has 33 heavy (non-hydrogen) atoms. The maximum atomic E-state index is 13.3. The standard InChI is InChI=1S/C24H34F2N4O3/c1-24(2,3)20(27)23(33)30-12-6-9-18(30)22(32)29-17(13-19(25)26)21(31)28-16-11-10-14-7-4-5-8-15(14)16/h4-5,7-8,16-20H,6,9-13,27H2,1-3H3,(H,28,31)(H,29,32)/t16?,17-,18-,20+/m0/s1. The molecule has 1 aliphatic heterocycles.